The van der Waals surface area contributed by atoms with Crippen LogP contribution < -0.4 is 10.1 Å². The highest BCUT2D eigenvalue weighted by Gasteiger charge is 2.25. The third-order valence-corrected chi connectivity index (χ3v) is 4.58. The van der Waals surface area contributed by atoms with Gasteiger partial charge in [-0.25, -0.2) is 0 Å². The Balaban J connectivity index is 2.09. The lowest BCUT2D eigenvalue weighted by molar-refractivity contribution is -0.142. The number of hydrogen-bond donors (Lipinski definition) is 1. The third-order valence-electron chi connectivity index (χ3n) is 4.58. The van der Waals surface area contributed by atoms with Gasteiger partial charge in [0.2, 0.25) is 5.91 Å². The maximum Gasteiger partial charge on any atom is 0.261 e. The Kier molecular flexibility index (Phi) is 7.41. The van der Waals surface area contributed by atoms with Gasteiger partial charge >= 0.3 is 0 Å². The number of carbonyl (C=O) groups is 2. The topological polar surface area (TPSA) is 58.6 Å². The zero-order valence-corrected chi connectivity index (χ0v) is 16.5. The Bertz CT molecular complexity index is 754. The van der Waals surface area contributed by atoms with Gasteiger partial charge in [-0.05, 0) is 43.5 Å². The van der Waals surface area contributed by atoms with Crippen molar-refractivity contribution in [3.63, 3.8) is 0 Å². The Morgan fingerprint density at radius 2 is 1.63 bits per heavy atom. The minimum atomic E-state index is -0.588. The molecule has 0 aliphatic carbocycles. The molecule has 0 heterocycles. The normalized spacial score (nSPS) is 11.6. The summed E-state index contributed by atoms with van der Waals surface area (Å²) < 4.78 is 5.65. The minimum Gasteiger partial charge on any atom is -0.484 e. The second-order valence-corrected chi connectivity index (χ2v) is 6.58. The smallest absolute Gasteiger partial charge is 0.261 e. The number of hydrogen-bond acceptors (Lipinski definition) is 3. The van der Waals surface area contributed by atoms with Crippen LogP contribution in [0.1, 0.15) is 30.5 Å². The first kappa shape index (κ1) is 20.5. The van der Waals surface area contributed by atoms with E-state index in [0.29, 0.717) is 12.3 Å². The molecule has 0 aromatic heterocycles. The number of carbonyl (C=O) groups excluding carboxylic acids is 2. The largest absolute Gasteiger partial charge is 0.484 e. The van der Waals surface area contributed by atoms with Crippen LogP contribution >= 0.6 is 0 Å². The molecule has 0 spiro atoms. The van der Waals surface area contributed by atoms with Gasteiger partial charge in [-0.3, -0.25) is 9.59 Å². The zero-order valence-electron chi connectivity index (χ0n) is 16.5. The number of aryl methyl sites for hydroxylation is 2. The second kappa shape index (κ2) is 9.76. The van der Waals surface area contributed by atoms with Crippen molar-refractivity contribution in [2.24, 2.45) is 0 Å². The van der Waals surface area contributed by atoms with E-state index in [2.05, 4.69) is 12.2 Å². The first-order valence-electron chi connectivity index (χ1n) is 9.23. The fourth-order valence-corrected chi connectivity index (χ4v) is 2.73. The summed E-state index contributed by atoms with van der Waals surface area (Å²) in [5.74, 6) is 0.206. The van der Waals surface area contributed by atoms with E-state index >= 15 is 0 Å². The van der Waals surface area contributed by atoms with Crippen LogP contribution in [0.15, 0.2) is 48.5 Å². The number of nitrogens with zero attached hydrogens (tertiary/aromatic N) is 1. The Morgan fingerprint density at radius 1 is 1.04 bits per heavy atom. The lowest BCUT2D eigenvalue weighted by Gasteiger charge is -2.28. The standard InChI is InChI=1S/C22H28N2O3/c1-5-18-10-12-20(13-11-18)27-15-21(25)24(17(3)22(26)23-4)14-19-8-6-16(2)7-9-19/h6-13,17H,5,14-15H2,1-4H3,(H,23,26). The molecule has 2 amide bonds. The molecule has 0 bridgehead atoms. The van der Waals surface area contributed by atoms with Gasteiger partial charge in [0.25, 0.3) is 5.91 Å². The van der Waals surface area contributed by atoms with Crippen LogP contribution in [0, 0.1) is 6.92 Å². The fourth-order valence-electron chi connectivity index (χ4n) is 2.73. The lowest BCUT2D eigenvalue weighted by atomic mass is 10.1. The molecule has 1 unspecified atom stereocenters. The summed E-state index contributed by atoms with van der Waals surface area (Å²) in [6.45, 7) is 6.06. The van der Waals surface area contributed by atoms with Gasteiger partial charge in [-0.2, -0.15) is 0 Å². The van der Waals surface area contributed by atoms with Gasteiger partial charge in [0, 0.05) is 13.6 Å². The van der Waals surface area contributed by atoms with Gasteiger partial charge in [-0.1, -0.05) is 48.9 Å². The van der Waals surface area contributed by atoms with Crippen molar-refractivity contribution in [2.75, 3.05) is 13.7 Å². The Morgan fingerprint density at radius 3 is 2.19 bits per heavy atom. The van der Waals surface area contributed by atoms with Crippen molar-refractivity contribution < 1.29 is 14.3 Å². The van der Waals surface area contributed by atoms with E-state index < -0.39 is 6.04 Å². The molecule has 2 aromatic rings. The molecular weight excluding hydrogens is 340 g/mol. The molecule has 0 radical (unpaired) electrons. The maximum atomic E-state index is 12.8. The number of nitrogens with one attached hydrogen (secondary N) is 1. The van der Waals surface area contributed by atoms with Crippen LogP contribution in [0.25, 0.3) is 0 Å². The van der Waals surface area contributed by atoms with Gasteiger partial charge in [-0.15, -0.1) is 0 Å². The van der Waals surface area contributed by atoms with Crippen molar-refractivity contribution in [1.82, 2.24) is 10.2 Å². The molecule has 5 nitrogen and oxygen atoms in total. The molecule has 0 fully saturated rings. The summed E-state index contributed by atoms with van der Waals surface area (Å²) in [4.78, 5) is 26.4. The molecule has 0 saturated heterocycles. The molecule has 2 aromatic carbocycles. The summed E-state index contributed by atoms with van der Waals surface area (Å²) in [7, 11) is 1.57. The predicted molar refractivity (Wildman–Crippen MR) is 107 cm³/mol. The van der Waals surface area contributed by atoms with E-state index in [4.69, 9.17) is 4.74 Å². The first-order valence-corrected chi connectivity index (χ1v) is 9.23. The summed E-state index contributed by atoms with van der Waals surface area (Å²) in [5.41, 5.74) is 3.33. The van der Waals surface area contributed by atoms with Gasteiger partial charge < -0.3 is 15.0 Å². The monoisotopic (exact) mass is 368 g/mol. The summed E-state index contributed by atoms with van der Waals surface area (Å²) in [5, 5.41) is 2.61. The number of ether oxygens (including phenoxy) is 1. The van der Waals surface area contributed by atoms with Crippen molar-refractivity contribution >= 4 is 11.8 Å². The van der Waals surface area contributed by atoms with Crippen molar-refractivity contribution in [3.05, 3.63) is 65.2 Å². The molecule has 1 N–H and O–H groups in total. The van der Waals surface area contributed by atoms with Crippen molar-refractivity contribution in [3.8, 4) is 5.75 Å². The SMILES string of the molecule is CCc1ccc(OCC(=O)N(Cc2ccc(C)cc2)C(C)C(=O)NC)cc1. The lowest BCUT2D eigenvalue weighted by Crippen LogP contribution is -2.48. The summed E-state index contributed by atoms with van der Waals surface area (Å²) in [6, 6.07) is 15.0. The first-order chi connectivity index (χ1) is 12.9. The van der Waals surface area contributed by atoms with Crippen molar-refractivity contribution in [1.29, 1.82) is 0 Å². The van der Waals surface area contributed by atoms with Gasteiger partial charge in [0.05, 0.1) is 0 Å². The van der Waals surface area contributed by atoms with E-state index in [9.17, 15) is 9.59 Å². The van der Waals surface area contributed by atoms with E-state index in [-0.39, 0.29) is 18.4 Å². The summed E-state index contributed by atoms with van der Waals surface area (Å²) >= 11 is 0. The average molecular weight is 368 g/mol. The number of benzene rings is 2. The van der Waals surface area contributed by atoms with Crippen LogP contribution in [-0.2, 0) is 22.6 Å². The predicted octanol–water partition coefficient (Wildman–Crippen LogP) is 3.10. The highest BCUT2D eigenvalue weighted by atomic mass is 16.5. The van der Waals surface area contributed by atoms with Crippen molar-refractivity contribution in [2.45, 2.75) is 39.8 Å². The van der Waals surface area contributed by atoms with E-state index in [0.717, 1.165) is 17.5 Å². The van der Waals surface area contributed by atoms with E-state index in [1.54, 1.807) is 18.9 Å². The Hall–Kier alpha value is -2.82. The van der Waals surface area contributed by atoms with Crippen LogP contribution in [0.5, 0.6) is 5.75 Å². The average Bonchev–Trinajstić information content (AvgIpc) is 2.70. The fraction of sp³-hybridized carbons (Fsp3) is 0.364. The molecule has 0 aliphatic heterocycles. The third kappa shape index (κ3) is 5.84. The number of likely N-dealkylation sites (N-methyl/N-ethyl adjacent to an activating group) is 1. The van der Waals surface area contributed by atoms with E-state index in [1.165, 1.54) is 5.56 Å². The zero-order chi connectivity index (χ0) is 19.8. The molecule has 0 aliphatic rings. The quantitative estimate of drug-likeness (QED) is 0.779. The highest BCUT2D eigenvalue weighted by Crippen LogP contribution is 2.14. The second-order valence-electron chi connectivity index (χ2n) is 6.58. The molecule has 27 heavy (non-hydrogen) atoms. The minimum absolute atomic E-state index is 0.112. The molecule has 1 atom stereocenters. The number of amides is 2. The summed E-state index contributed by atoms with van der Waals surface area (Å²) in [6.07, 6.45) is 0.952. The number of rotatable bonds is 8. The van der Waals surface area contributed by atoms with Gasteiger partial charge in [0.15, 0.2) is 6.61 Å². The van der Waals surface area contributed by atoms with Crippen LogP contribution in [0.2, 0.25) is 0 Å². The Labute approximate surface area is 161 Å². The molecule has 2 rings (SSSR count). The molecule has 0 saturated carbocycles. The van der Waals surface area contributed by atoms with E-state index in [1.807, 2.05) is 55.5 Å². The maximum absolute atomic E-state index is 12.8. The van der Waals surface area contributed by atoms with Gasteiger partial charge in [0.1, 0.15) is 11.8 Å². The molecule has 5 heteroatoms. The van der Waals surface area contributed by atoms with Crippen LogP contribution in [-0.4, -0.2) is 36.4 Å². The molecular formula is C22H28N2O3. The van der Waals surface area contributed by atoms with Crippen LogP contribution in [0.3, 0.4) is 0 Å². The highest BCUT2D eigenvalue weighted by molar-refractivity contribution is 5.87. The molecule has 144 valence electrons. The van der Waals surface area contributed by atoms with Crippen LogP contribution in [0.4, 0.5) is 0 Å².